The number of nitrogens with zero attached hydrogens (tertiary/aromatic N) is 4. The first-order valence-electron chi connectivity index (χ1n) is 7.83. The molecule has 3 rings (SSSR count). The van der Waals surface area contributed by atoms with Gasteiger partial charge in [0, 0.05) is 11.6 Å². The van der Waals surface area contributed by atoms with Crippen molar-refractivity contribution in [1.82, 2.24) is 19.9 Å². The smallest absolute Gasteiger partial charge is 0.326 e. The SMILES string of the molecule is CCN1CCOC[C@H]1C(=O)OCc1cn(-c2ccc(Cl)cc2)nn1. The van der Waals surface area contributed by atoms with Crippen molar-refractivity contribution in [3.63, 3.8) is 0 Å². The molecule has 8 heteroatoms. The van der Waals surface area contributed by atoms with Crippen molar-refractivity contribution in [3.05, 3.63) is 41.2 Å². The molecule has 1 fully saturated rings. The van der Waals surface area contributed by atoms with Crippen molar-refractivity contribution < 1.29 is 14.3 Å². The largest absolute Gasteiger partial charge is 0.458 e. The predicted octanol–water partition coefficient (Wildman–Crippen LogP) is 1.68. The van der Waals surface area contributed by atoms with Gasteiger partial charge in [0.25, 0.3) is 0 Å². The van der Waals surface area contributed by atoms with E-state index in [0.29, 0.717) is 23.9 Å². The van der Waals surface area contributed by atoms with E-state index >= 15 is 0 Å². The Balaban J connectivity index is 1.59. The van der Waals surface area contributed by atoms with Gasteiger partial charge in [0.2, 0.25) is 0 Å². The molecule has 0 bridgehead atoms. The van der Waals surface area contributed by atoms with Gasteiger partial charge in [-0.3, -0.25) is 9.69 Å². The minimum Gasteiger partial charge on any atom is -0.458 e. The summed E-state index contributed by atoms with van der Waals surface area (Å²) in [6, 6.07) is 6.88. The van der Waals surface area contributed by atoms with Crippen molar-refractivity contribution in [2.75, 3.05) is 26.3 Å². The second-order valence-electron chi connectivity index (χ2n) is 5.46. The molecule has 1 atom stereocenters. The highest BCUT2D eigenvalue weighted by atomic mass is 35.5. The van der Waals surface area contributed by atoms with Gasteiger partial charge in [0.1, 0.15) is 18.3 Å². The van der Waals surface area contributed by atoms with E-state index in [1.165, 1.54) is 0 Å². The summed E-state index contributed by atoms with van der Waals surface area (Å²) in [7, 11) is 0. The van der Waals surface area contributed by atoms with Crippen LogP contribution in [0.4, 0.5) is 0 Å². The number of hydrogen-bond donors (Lipinski definition) is 0. The van der Waals surface area contributed by atoms with Crippen LogP contribution in [-0.2, 0) is 20.9 Å². The minimum atomic E-state index is -0.352. The first-order valence-corrected chi connectivity index (χ1v) is 8.20. The zero-order valence-corrected chi connectivity index (χ0v) is 14.1. The lowest BCUT2D eigenvalue weighted by molar-refractivity contribution is -0.157. The van der Waals surface area contributed by atoms with Crippen LogP contribution in [0.1, 0.15) is 12.6 Å². The highest BCUT2D eigenvalue weighted by Gasteiger charge is 2.29. The van der Waals surface area contributed by atoms with Crippen LogP contribution >= 0.6 is 11.6 Å². The highest BCUT2D eigenvalue weighted by molar-refractivity contribution is 6.30. The summed E-state index contributed by atoms with van der Waals surface area (Å²) >= 11 is 5.87. The van der Waals surface area contributed by atoms with E-state index in [2.05, 4.69) is 15.2 Å². The van der Waals surface area contributed by atoms with Crippen molar-refractivity contribution in [1.29, 1.82) is 0 Å². The Kier molecular flexibility index (Phi) is 5.44. The summed E-state index contributed by atoms with van der Waals surface area (Å²) in [5.74, 6) is -0.294. The average Bonchev–Trinajstić information content (AvgIpc) is 3.09. The van der Waals surface area contributed by atoms with Crippen LogP contribution in [0.2, 0.25) is 5.02 Å². The van der Waals surface area contributed by atoms with Crippen LogP contribution in [0.25, 0.3) is 5.69 Å². The fraction of sp³-hybridized carbons (Fsp3) is 0.438. The van der Waals surface area contributed by atoms with Crippen molar-refractivity contribution >= 4 is 17.6 Å². The summed E-state index contributed by atoms with van der Waals surface area (Å²) in [6.45, 7) is 4.64. The van der Waals surface area contributed by atoms with Crippen LogP contribution in [-0.4, -0.2) is 58.2 Å². The zero-order chi connectivity index (χ0) is 16.9. The van der Waals surface area contributed by atoms with Crippen LogP contribution in [0.3, 0.4) is 0 Å². The molecule has 1 saturated heterocycles. The normalized spacial score (nSPS) is 18.5. The maximum absolute atomic E-state index is 12.2. The molecule has 24 heavy (non-hydrogen) atoms. The number of morpholine rings is 1. The van der Waals surface area contributed by atoms with Gasteiger partial charge in [-0.1, -0.05) is 23.7 Å². The number of ether oxygens (including phenoxy) is 2. The van der Waals surface area contributed by atoms with Gasteiger partial charge in [-0.25, -0.2) is 4.68 Å². The molecule has 0 amide bonds. The Morgan fingerprint density at radius 2 is 2.21 bits per heavy atom. The van der Waals surface area contributed by atoms with Crippen LogP contribution in [0.5, 0.6) is 0 Å². The first kappa shape index (κ1) is 16.9. The quantitative estimate of drug-likeness (QED) is 0.764. The van der Waals surface area contributed by atoms with Crippen LogP contribution < -0.4 is 0 Å². The van der Waals surface area contributed by atoms with E-state index in [4.69, 9.17) is 21.1 Å². The first-order chi connectivity index (χ1) is 11.7. The summed E-state index contributed by atoms with van der Waals surface area (Å²) in [6.07, 6.45) is 1.73. The lowest BCUT2D eigenvalue weighted by Gasteiger charge is -2.32. The maximum Gasteiger partial charge on any atom is 0.326 e. The standard InChI is InChI=1S/C16H19ClN4O3/c1-2-20-7-8-23-11-15(20)16(22)24-10-13-9-21(19-18-13)14-5-3-12(17)4-6-14/h3-6,9,15H,2,7-8,10-11H2,1H3/t15-/m0/s1. The van der Waals surface area contributed by atoms with Gasteiger partial charge >= 0.3 is 5.97 Å². The van der Waals surface area contributed by atoms with E-state index in [0.717, 1.165) is 18.8 Å². The minimum absolute atomic E-state index is 0.0838. The number of esters is 1. The van der Waals surface area contributed by atoms with E-state index in [1.807, 2.05) is 19.1 Å². The fourth-order valence-corrected chi connectivity index (χ4v) is 2.69. The molecule has 0 N–H and O–H groups in total. The summed E-state index contributed by atoms with van der Waals surface area (Å²) < 4.78 is 12.4. The van der Waals surface area contributed by atoms with Crippen molar-refractivity contribution in [3.8, 4) is 5.69 Å². The molecule has 1 aliphatic heterocycles. The van der Waals surface area contributed by atoms with Crippen molar-refractivity contribution in [2.45, 2.75) is 19.6 Å². The molecule has 7 nitrogen and oxygen atoms in total. The highest BCUT2D eigenvalue weighted by Crippen LogP contribution is 2.13. The van der Waals surface area contributed by atoms with Gasteiger partial charge in [-0.15, -0.1) is 5.10 Å². The average molecular weight is 351 g/mol. The van der Waals surface area contributed by atoms with E-state index in [-0.39, 0.29) is 18.6 Å². The van der Waals surface area contributed by atoms with Gasteiger partial charge < -0.3 is 9.47 Å². The van der Waals surface area contributed by atoms with Gasteiger partial charge in [0.15, 0.2) is 0 Å². The number of aromatic nitrogens is 3. The Bertz CT molecular complexity index is 689. The molecule has 0 radical (unpaired) electrons. The summed E-state index contributed by atoms with van der Waals surface area (Å²) in [5.41, 5.74) is 1.42. The predicted molar refractivity (Wildman–Crippen MR) is 88.0 cm³/mol. The molecule has 2 aromatic rings. The maximum atomic E-state index is 12.2. The molecule has 0 aliphatic carbocycles. The molecule has 0 saturated carbocycles. The number of benzene rings is 1. The molecule has 1 aromatic heterocycles. The second kappa shape index (κ2) is 7.74. The van der Waals surface area contributed by atoms with Crippen LogP contribution in [0.15, 0.2) is 30.5 Å². The Hall–Kier alpha value is -1.96. The summed E-state index contributed by atoms with van der Waals surface area (Å²) in [5, 5.41) is 8.72. The lowest BCUT2D eigenvalue weighted by atomic mass is 10.2. The third-order valence-electron chi connectivity index (χ3n) is 3.91. The Labute approximate surface area is 145 Å². The molecule has 1 aromatic carbocycles. The second-order valence-corrected chi connectivity index (χ2v) is 5.89. The number of hydrogen-bond acceptors (Lipinski definition) is 6. The van der Waals surface area contributed by atoms with E-state index in [1.54, 1.807) is 23.0 Å². The van der Waals surface area contributed by atoms with Gasteiger partial charge in [0.05, 0.1) is 25.1 Å². The molecule has 128 valence electrons. The Morgan fingerprint density at radius 3 is 2.96 bits per heavy atom. The molecular formula is C16H19ClN4O3. The topological polar surface area (TPSA) is 69.5 Å². The third kappa shape index (κ3) is 3.92. The molecule has 0 unspecified atom stereocenters. The van der Waals surface area contributed by atoms with E-state index < -0.39 is 0 Å². The molecule has 0 spiro atoms. The third-order valence-corrected chi connectivity index (χ3v) is 4.16. The fourth-order valence-electron chi connectivity index (χ4n) is 2.56. The summed E-state index contributed by atoms with van der Waals surface area (Å²) in [4.78, 5) is 14.3. The molecular weight excluding hydrogens is 332 g/mol. The number of carbonyl (C=O) groups is 1. The Morgan fingerprint density at radius 1 is 1.42 bits per heavy atom. The lowest BCUT2D eigenvalue weighted by Crippen LogP contribution is -2.50. The number of rotatable bonds is 5. The monoisotopic (exact) mass is 350 g/mol. The molecule has 1 aliphatic rings. The van der Waals surface area contributed by atoms with Crippen molar-refractivity contribution in [2.24, 2.45) is 0 Å². The zero-order valence-electron chi connectivity index (χ0n) is 13.4. The van der Waals surface area contributed by atoms with E-state index in [9.17, 15) is 4.79 Å². The van der Waals surface area contributed by atoms with Gasteiger partial charge in [-0.05, 0) is 30.8 Å². The van der Waals surface area contributed by atoms with Gasteiger partial charge in [-0.2, -0.15) is 0 Å². The number of likely N-dealkylation sites (N-methyl/N-ethyl adjacent to an activating group) is 1. The molecule has 2 heterocycles. The number of halogens is 1. The van der Waals surface area contributed by atoms with Crippen LogP contribution in [0, 0.1) is 0 Å². The number of carbonyl (C=O) groups excluding carboxylic acids is 1.